The maximum Gasteiger partial charge on any atom is 0.362 e. The van der Waals surface area contributed by atoms with E-state index in [2.05, 4.69) is 4.98 Å². The van der Waals surface area contributed by atoms with Gasteiger partial charge in [0.25, 0.3) is 0 Å². The van der Waals surface area contributed by atoms with E-state index < -0.39 is 5.97 Å². The first-order chi connectivity index (χ1) is 9.33. The molecule has 0 fully saturated rings. The van der Waals surface area contributed by atoms with Crippen LogP contribution in [0.4, 0.5) is 0 Å². The molecule has 0 unspecified atom stereocenters. The molecule has 3 rings (SSSR count). The lowest BCUT2D eigenvalue weighted by Crippen LogP contribution is -2.12. The van der Waals surface area contributed by atoms with E-state index in [1.165, 1.54) is 0 Å². The number of rotatable bonds is 2. The van der Waals surface area contributed by atoms with Crippen molar-refractivity contribution in [2.75, 3.05) is 13.2 Å². The van der Waals surface area contributed by atoms with E-state index in [1.54, 1.807) is 18.3 Å². The molecular weight excluding hydrogens is 242 g/mol. The van der Waals surface area contributed by atoms with Crippen LogP contribution in [-0.2, 0) is 9.47 Å². The van der Waals surface area contributed by atoms with Gasteiger partial charge in [-0.15, -0.1) is 0 Å². The highest BCUT2D eigenvalue weighted by molar-refractivity contribution is 5.93. The lowest BCUT2D eigenvalue weighted by molar-refractivity contribution is 0.0552. The fourth-order valence-corrected chi connectivity index (χ4v) is 1.97. The van der Waals surface area contributed by atoms with Crippen LogP contribution in [0, 0.1) is 0 Å². The van der Waals surface area contributed by atoms with Crippen molar-refractivity contribution in [3.63, 3.8) is 0 Å². The topological polar surface area (TPSA) is 48.4 Å². The highest BCUT2D eigenvalue weighted by Crippen LogP contribution is 2.16. The molecule has 0 amide bonds. The fourth-order valence-electron chi connectivity index (χ4n) is 1.97. The second-order valence-corrected chi connectivity index (χ2v) is 4.30. The zero-order valence-electron chi connectivity index (χ0n) is 10.3. The third-order valence-corrected chi connectivity index (χ3v) is 2.99. The number of pyridine rings is 1. The summed E-state index contributed by atoms with van der Waals surface area (Å²) in [5.41, 5.74) is 0.325. The van der Waals surface area contributed by atoms with Crippen LogP contribution in [0.3, 0.4) is 0 Å². The summed E-state index contributed by atoms with van der Waals surface area (Å²) in [5.74, 6) is 0.241. The predicted molar refractivity (Wildman–Crippen MR) is 70.7 cm³/mol. The monoisotopic (exact) mass is 255 g/mol. The van der Waals surface area contributed by atoms with Gasteiger partial charge in [0.1, 0.15) is 11.5 Å². The Morgan fingerprint density at radius 2 is 2.11 bits per heavy atom. The van der Waals surface area contributed by atoms with Crippen LogP contribution in [-0.4, -0.2) is 24.2 Å². The number of carbonyl (C=O) groups excluding carboxylic acids is 1. The Morgan fingerprint density at radius 3 is 2.89 bits per heavy atom. The summed E-state index contributed by atoms with van der Waals surface area (Å²) in [6.07, 6.45) is 4.09. The number of ether oxygens (including phenoxy) is 2. The van der Waals surface area contributed by atoms with Gasteiger partial charge in [-0.1, -0.05) is 24.3 Å². The number of esters is 1. The van der Waals surface area contributed by atoms with E-state index in [-0.39, 0.29) is 0 Å². The quantitative estimate of drug-likeness (QED) is 0.774. The first kappa shape index (κ1) is 11.9. The zero-order chi connectivity index (χ0) is 13.1. The zero-order valence-corrected chi connectivity index (χ0v) is 10.3. The molecule has 0 spiro atoms. The first-order valence-corrected chi connectivity index (χ1v) is 6.17. The van der Waals surface area contributed by atoms with Gasteiger partial charge >= 0.3 is 5.97 Å². The van der Waals surface area contributed by atoms with Crippen molar-refractivity contribution in [3.8, 4) is 0 Å². The van der Waals surface area contributed by atoms with Crippen molar-refractivity contribution in [2.24, 2.45) is 0 Å². The van der Waals surface area contributed by atoms with Crippen molar-refractivity contribution in [3.05, 3.63) is 54.1 Å². The normalized spacial score (nSPS) is 15.1. The van der Waals surface area contributed by atoms with Gasteiger partial charge in [-0.25, -0.2) is 9.78 Å². The van der Waals surface area contributed by atoms with Crippen LogP contribution < -0.4 is 0 Å². The Balaban J connectivity index is 1.83. The molecule has 0 saturated heterocycles. The summed E-state index contributed by atoms with van der Waals surface area (Å²) in [6.45, 7) is 1.08. The maximum absolute atomic E-state index is 12.0. The SMILES string of the molecule is O=C(OC1=CCOCC1)c1cc2ccccc2cn1. The molecular formula is C15H13NO3. The fraction of sp³-hybridized carbons (Fsp3) is 0.200. The lowest BCUT2D eigenvalue weighted by atomic mass is 10.1. The van der Waals surface area contributed by atoms with Crippen molar-refractivity contribution in [1.29, 1.82) is 0 Å². The summed E-state index contributed by atoms with van der Waals surface area (Å²) in [4.78, 5) is 16.1. The molecule has 0 atom stereocenters. The van der Waals surface area contributed by atoms with Gasteiger partial charge in [0.05, 0.1) is 13.2 Å². The van der Waals surface area contributed by atoms with Gasteiger partial charge in [-0.3, -0.25) is 0 Å². The van der Waals surface area contributed by atoms with E-state index in [9.17, 15) is 4.79 Å². The Bertz CT molecular complexity index is 649. The third-order valence-electron chi connectivity index (χ3n) is 2.99. The molecule has 2 heterocycles. The van der Waals surface area contributed by atoms with Gasteiger partial charge in [0.15, 0.2) is 0 Å². The second kappa shape index (κ2) is 5.20. The molecule has 96 valence electrons. The molecule has 0 aliphatic carbocycles. The van der Waals surface area contributed by atoms with E-state index in [4.69, 9.17) is 9.47 Å². The predicted octanol–water partition coefficient (Wildman–Crippen LogP) is 2.70. The number of hydrogen-bond acceptors (Lipinski definition) is 4. The molecule has 0 radical (unpaired) electrons. The van der Waals surface area contributed by atoms with E-state index in [0.29, 0.717) is 31.1 Å². The van der Waals surface area contributed by atoms with Crippen molar-refractivity contribution in [2.45, 2.75) is 6.42 Å². The molecule has 0 saturated carbocycles. The first-order valence-electron chi connectivity index (χ1n) is 6.17. The lowest BCUT2D eigenvalue weighted by Gasteiger charge is -2.13. The highest BCUT2D eigenvalue weighted by atomic mass is 16.5. The van der Waals surface area contributed by atoms with Crippen LogP contribution in [0.1, 0.15) is 16.9 Å². The number of hydrogen-bond donors (Lipinski definition) is 0. The number of fused-ring (bicyclic) bond motifs is 1. The largest absolute Gasteiger partial charge is 0.427 e. The smallest absolute Gasteiger partial charge is 0.362 e. The summed E-state index contributed by atoms with van der Waals surface area (Å²) in [6, 6.07) is 9.52. The van der Waals surface area contributed by atoms with Crippen molar-refractivity contribution >= 4 is 16.7 Å². The van der Waals surface area contributed by atoms with E-state index in [1.807, 2.05) is 24.3 Å². The number of nitrogens with zero attached hydrogens (tertiary/aromatic N) is 1. The van der Waals surface area contributed by atoms with Crippen LogP contribution in [0.15, 0.2) is 48.4 Å². The summed E-state index contributed by atoms with van der Waals surface area (Å²) in [7, 11) is 0. The molecule has 1 aromatic heterocycles. The summed E-state index contributed by atoms with van der Waals surface area (Å²) in [5, 5.41) is 1.98. The molecule has 1 aliphatic heterocycles. The highest BCUT2D eigenvalue weighted by Gasteiger charge is 2.14. The van der Waals surface area contributed by atoms with E-state index >= 15 is 0 Å². The van der Waals surface area contributed by atoms with Gasteiger partial charge in [-0.2, -0.15) is 0 Å². The molecule has 4 nitrogen and oxygen atoms in total. The van der Waals surface area contributed by atoms with Crippen LogP contribution in [0.5, 0.6) is 0 Å². The Hall–Kier alpha value is -2.20. The average molecular weight is 255 g/mol. The van der Waals surface area contributed by atoms with Gasteiger partial charge < -0.3 is 9.47 Å². The van der Waals surface area contributed by atoms with Gasteiger partial charge in [-0.05, 0) is 17.5 Å². The number of carbonyl (C=O) groups is 1. The molecule has 1 aliphatic rings. The Kier molecular flexibility index (Phi) is 3.25. The average Bonchev–Trinajstić information content (AvgIpc) is 2.48. The summed E-state index contributed by atoms with van der Waals surface area (Å²) < 4.78 is 10.5. The molecule has 0 bridgehead atoms. The maximum atomic E-state index is 12.0. The minimum atomic E-state index is -0.418. The Morgan fingerprint density at radius 1 is 1.26 bits per heavy atom. The van der Waals surface area contributed by atoms with Crippen LogP contribution >= 0.6 is 0 Å². The molecule has 2 aromatic rings. The van der Waals surface area contributed by atoms with Crippen LogP contribution in [0.2, 0.25) is 0 Å². The van der Waals surface area contributed by atoms with Crippen molar-refractivity contribution < 1.29 is 14.3 Å². The molecule has 4 heteroatoms. The third kappa shape index (κ3) is 2.63. The Labute approximate surface area is 110 Å². The second-order valence-electron chi connectivity index (χ2n) is 4.30. The number of aromatic nitrogens is 1. The molecule has 0 N–H and O–H groups in total. The van der Waals surface area contributed by atoms with Crippen molar-refractivity contribution in [1.82, 2.24) is 4.98 Å². The molecule has 19 heavy (non-hydrogen) atoms. The minimum Gasteiger partial charge on any atom is -0.427 e. The van der Waals surface area contributed by atoms with Gasteiger partial charge in [0.2, 0.25) is 0 Å². The molecule has 1 aromatic carbocycles. The number of benzene rings is 1. The minimum absolute atomic E-state index is 0.325. The van der Waals surface area contributed by atoms with E-state index in [0.717, 1.165) is 10.8 Å². The summed E-state index contributed by atoms with van der Waals surface area (Å²) >= 11 is 0. The van der Waals surface area contributed by atoms with Crippen LogP contribution in [0.25, 0.3) is 10.8 Å². The standard InChI is InChI=1S/C15H13NO3/c17-15(19-13-5-7-18-8-6-13)14-9-11-3-1-2-4-12(11)10-16-14/h1-5,9-10H,6-8H2. The van der Waals surface area contributed by atoms with Gasteiger partial charge in [0, 0.05) is 18.0 Å².